The maximum atomic E-state index is 13.9. The maximum absolute atomic E-state index is 13.9. The molecule has 2 aromatic heterocycles. The van der Waals surface area contributed by atoms with Crippen molar-refractivity contribution in [2.24, 2.45) is 0 Å². The van der Waals surface area contributed by atoms with Crippen LogP contribution in [0.15, 0.2) is 79.0 Å². The number of nitrogens with zero attached hydrogens (tertiary/aromatic N) is 5. The summed E-state index contributed by atoms with van der Waals surface area (Å²) in [6.45, 7) is 7.36. The number of amides is 3. The smallest absolute Gasteiger partial charge is 0.335 e. The van der Waals surface area contributed by atoms with Gasteiger partial charge in [-0.05, 0) is 92.3 Å². The van der Waals surface area contributed by atoms with Gasteiger partial charge in [-0.3, -0.25) is 24.1 Å². The Kier molecular flexibility index (Phi) is 15.3. The van der Waals surface area contributed by atoms with Gasteiger partial charge >= 0.3 is 11.9 Å². The number of anilines is 3. The Balaban J connectivity index is 1.30. The van der Waals surface area contributed by atoms with Crippen LogP contribution in [0.3, 0.4) is 0 Å². The summed E-state index contributed by atoms with van der Waals surface area (Å²) in [6.07, 6.45) is 6.08. The molecule has 0 aliphatic carbocycles. The van der Waals surface area contributed by atoms with Crippen LogP contribution in [-0.2, 0) is 16.1 Å². The summed E-state index contributed by atoms with van der Waals surface area (Å²) in [5.41, 5.74) is 2.06. The molecule has 3 heterocycles. The molecule has 306 valence electrons. The third kappa shape index (κ3) is 12.1. The first kappa shape index (κ1) is 42.8. The van der Waals surface area contributed by atoms with Crippen LogP contribution in [0.4, 0.5) is 17.2 Å². The van der Waals surface area contributed by atoms with Crippen LogP contribution in [0.2, 0.25) is 0 Å². The lowest BCUT2D eigenvalue weighted by Crippen LogP contribution is -2.41. The lowest BCUT2D eigenvalue weighted by Gasteiger charge is -2.32. The highest BCUT2D eigenvalue weighted by Gasteiger charge is 2.22. The van der Waals surface area contributed by atoms with E-state index in [4.69, 9.17) is 19.9 Å². The fourth-order valence-corrected chi connectivity index (χ4v) is 6.76. The van der Waals surface area contributed by atoms with E-state index in [2.05, 4.69) is 39.3 Å². The molecule has 15 nitrogen and oxygen atoms in total. The standard InChI is InChI=1S/C43H51N7O8/c1-4-33(5-2)50(25-24-48(3)38(51)20-21-39(52)53)28-29-10-9-11-31(26-29)41(54)46-35-17-18-36(49-22-7-6-8-23-49)47-40(35)42(55)45-32-14-19-37(44-27-32)58-34-15-12-30(13-16-34)43(56)57/h9-19,26-27,33H,4-8,20-25,28H2,1-3H3,(H,45,55)(H,46,54)(H,52,53)(H,56,57). The number of aliphatic carboxylic acids is 1. The van der Waals surface area contributed by atoms with Crippen molar-refractivity contribution in [3.63, 3.8) is 0 Å². The van der Waals surface area contributed by atoms with Gasteiger partial charge in [0.05, 0.1) is 29.6 Å². The molecule has 3 amide bonds. The van der Waals surface area contributed by atoms with Gasteiger partial charge in [0.2, 0.25) is 11.8 Å². The molecule has 0 bridgehead atoms. The van der Waals surface area contributed by atoms with Crippen molar-refractivity contribution in [1.82, 2.24) is 19.8 Å². The molecule has 0 spiro atoms. The molecule has 0 unspecified atom stereocenters. The number of carboxylic acids is 2. The minimum Gasteiger partial charge on any atom is -0.481 e. The number of hydrogen-bond donors (Lipinski definition) is 4. The van der Waals surface area contributed by atoms with E-state index < -0.39 is 23.8 Å². The second kappa shape index (κ2) is 20.7. The number of carbonyl (C=O) groups excluding carboxylic acids is 3. The molecule has 4 aromatic rings. The van der Waals surface area contributed by atoms with Gasteiger partial charge in [0, 0.05) is 63.9 Å². The van der Waals surface area contributed by atoms with Crippen LogP contribution in [0, 0.1) is 0 Å². The first-order valence-corrected chi connectivity index (χ1v) is 19.6. The minimum absolute atomic E-state index is 0.0355. The second-order valence-electron chi connectivity index (χ2n) is 14.2. The molecule has 2 aromatic carbocycles. The predicted octanol–water partition coefficient (Wildman–Crippen LogP) is 6.78. The molecule has 1 aliphatic heterocycles. The topological polar surface area (TPSA) is 195 Å². The Labute approximate surface area is 338 Å². The number of nitrogens with one attached hydrogen (secondary N) is 2. The van der Waals surface area contributed by atoms with Crippen molar-refractivity contribution in [2.75, 3.05) is 48.8 Å². The molecule has 0 atom stereocenters. The molecular weight excluding hydrogens is 743 g/mol. The number of carbonyl (C=O) groups is 5. The van der Waals surface area contributed by atoms with E-state index in [0.717, 1.165) is 50.8 Å². The van der Waals surface area contributed by atoms with Crippen LogP contribution in [0.5, 0.6) is 11.6 Å². The fraction of sp³-hybridized carbons (Fsp3) is 0.372. The van der Waals surface area contributed by atoms with E-state index in [1.807, 2.05) is 24.3 Å². The third-order valence-corrected chi connectivity index (χ3v) is 10.1. The predicted molar refractivity (Wildman–Crippen MR) is 220 cm³/mol. The molecule has 1 saturated heterocycles. The van der Waals surface area contributed by atoms with Gasteiger partial charge in [0.1, 0.15) is 11.6 Å². The van der Waals surface area contributed by atoms with Crippen LogP contribution in [0.1, 0.15) is 95.6 Å². The van der Waals surface area contributed by atoms with Crippen molar-refractivity contribution in [3.05, 3.63) is 101 Å². The Morgan fingerprint density at radius 2 is 1.57 bits per heavy atom. The summed E-state index contributed by atoms with van der Waals surface area (Å²) in [7, 11) is 1.68. The molecule has 0 radical (unpaired) electrons. The number of benzene rings is 2. The van der Waals surface area contributed by atoms with Crippen LogP contribution in [0.25, 0.3) is 0 Å². The van der Waals surface area contributed by atoms with Crippen LogP contribution in [-0.4, -0.2) is 98.9 Å². The number of pyridine rings is 2. The number of aromatic carboxylic acids is 1. The lowest BCUT2D eigenvalue weighted by atomic mass is 10.1. The molecule has 58 heavy (non-hydrogen) atoms. The normalized spacial score (nSPS) is 12.6. The van der Waals surface area contributed by atoms with E-state index in [9.17, 15) is 24.0 Å². The first-order chi connectivity index (χ1) is 27.9. The third-order valence-electron chi connectivity index (χ3n) is 10.1. The Hall–Kier alpha value is -6.35. The average Bonchev–Trinajstić information content (AvgIpc) is 3.23. The average molecular weight is 794 g/mol. The summed E-state index contributed by atoms with van der Waals surface area (Å²) in [5.74, 6) is -1.97. The van der Waals surface area contributed by atoms with Crippen LogP contribution >= 0.6 is 0 Å². The summed E-state index contributed by atoms with van der Waals surface area (Å²) in [5, 5.41) is 23.9. The fourth-order valence-electron chi connectivity index (χ4n) is 6.76. The van der Waals surface area contributed by atoms with Crippen molar-refractivity contribution >= 4 is 46.9 Å². The van der Waals surface area contributed by atoms with E-state index in [-0.39, 0.29) is 47.6 Å². The van der Waals surface area contributed by atoms with Gasteiger partial charge in [-0.25, -0.2) is 14.8 Å². The van der Waals surface area contributed by atoms with Gasteiger partial charge < -0.3 is 35.4 Å². The highest BCUT2D eigenvalue weighted by atomic mass is 16.5. The summed E-state index contributed by atoms with van der Waals surface area (Å²) < 4.78 is 5.73. The molecule has 15 heteroatoms. The maximum Gasteiger partial charge on any atom is 0.335 e. The zero-order chi connectivity index (χ0) is 41.6. The number of piperidine rings is 1. The number of rotatable bonds is 19. The Morgan fingerprint density at radius 3 is 2.22 bits per heavy atom. The highest BCUT2D eigenvalue weighted by molar-refractivity contribution is 6.11. The second-order valence-corrected chi connectivity index (χ2v) is 14.2. The summed E-state index contributed by atoms with van der Waals surface area (Å²) in [6, 6.07) is 20.1. The van der Waals surface area contributed by atoms with E-state index in [1.54, 1.807) is 36.2 Å². The molecule has 4 N–H and O–H groups in total. The number of aromatic nitrogens is 2. The van der Waals surface area contributed by atoms with E-state index in [1.165, 1.54) is 30.5 Å². The van der Waals surface area contributed by atoms with Crippen molar-refractivity contribution < 1.29 is 38.9 Å². The van der Waals surface area contributed by atoms with E-state index >= 15 is 0 Å². The molecular formula is C43H51N7O8. The van der Waals surface area contributed by atoms with Gasteiger partial charge in [-0.15, -0.1) is 0 Å². The van der Waals surface area contributed by atoms with Crippen molar-refractivity contribution in [3.8, 4) is 11.6 Å². The SMILES string of the molecule is CCC(CC)N(CCN(C)C(=O)CCC(=O)O)Cc1cccc(C(=O)Nc2ccc(N3CCCCC3)nc2C(=O)Nc2ccc(Oc3ccc(C(=O)O)cc3)nc2)c1. The van der Waals surface area contributed by atoms with Gasteiger partial charge in [-0.1, -0.05) is 26.0 Å². The number of carboxylic acid groups (broad SMARTS) is 2. The lowest BCUT2D eigenvalue weighted by molar-refractivity contribution is -0.140. The molecule has 0 saturated carbocycles. The Morgan fingerprint density at radius 1 is 0.828 bits per heavy atom. The zero-order valence-electron chi connectivity index (χ0n) is 33.1. The minimum atomic E-state index is -1.04. The van der Waals surface area contributed by atoms with Crippen molar-refractivity contribution in [1.29, 1.82) is 0 Å². The molecule has 5 rings (SSSR count). The number of likely N-dealkylation sites (N-methyl/N-ethyl adjacent to an activating group) is 1. The van der Waals surface area contributed by atoms with Crippen LogP contribution < -0.4 is 20.3 Å². The van der Waals surface area contributed by atoms with Gasteiger partial charge in [0.15, 0.2) is 5.69 Å². The highest BCUT2D eigenvalue weighted by Crippen LogP contribution is 2.26. The number of ether oxygens (including phenoxy) is 1. The number of hydrogen-bond acceptors (Lipinski definition) is 10. The van der Waals surface area contributed by atoms with Gasteiger partial charge in [-0.2, -0.15) is 0 Å². The molecule has 1 aliphatic rings. The van der Waals surface area contributed by atoms with Gasteiger partial charge in [0.25, 0.3) is 11.8 Å². The largest absolute Gasteiger partial charge is 0.481 e. The van der Waals surface area contributed by atoms with Crippen molar-refractivity contribution in [2.45, 2.75) is 71.4 Å². The Bertz CT molecular complexity index is 2050. The van der Waals surface area contributed by atoms with E-state index in [0.29, 0.717) is 42.5 Å². The summed E-state index contributed by atoms with van der Waals surface area (Å²) in [4.78, 5) is 77.3. The monoisotopic (exact) mass is 793 g/mol. The first-order valence-electron chi connectivity index (χ1n) is 19.6. The quantitative estimate of drug-likeness (QED) is 0.0779. The molecule has 1 fully saturated rings. The summed E-state index contributed by atoms with van der Waals surface area (Å²) >= 11 is 0. The zero-order valence-corrected chi connectivity index (χ0v) is 33.1.